The number of alkyl halides is 3. The van der Waals surface area contributed by atoms with E-state index < -0.39 is 18.8 Å². The summed E-state index contributed by atoms with van der Waals surface area (Å²) in [5.41, 5.74) is 0. The van der Waals surface area contributed by atoms with Crippen molar-refractivity contribution in [2.45, 2.75) is 43.8 Å². The lowest BCUT2D eigenvalue weighted by molar-refractivity contribution is -0.214. The van der Waals surface area contributed by atoms with Crippen LogP contribution < -0.4 is 0 Å². The molecule has 1 aliphatic heterocycles. The van der Waals surface area contributed by atoms with Crippen molar-refractivity contribution in [3.63, 3.8) is 0 Å². The van der Waals surface area contributed by atoms with E-state index in [9.17, 15) is 13.2 Å². The summed E-state index contributed by atoms with van der Waals surface area (Å²) in [5.74, 6) is 1.51. The van der Waals surface area contributed by atoms with Crippen molar-refractivity contribution in [3.05, 3.63) is 11.7 Å². The van der Waals surface area contributed by atoms with Crippen LogP contribution >= 0.6 is 0 Å². The van der Waals surface area contributed by atoms with Crippen LogP contribution in [-0.4, -0.2) is 58.2 Å². The number of aliphatic hydroxyl groups is 1. The third kappa shape index (κ3) is 3.72. The molecule has 1 saturated carbocycles. The van der Waals surface area contributed by atoms with Crippen molar-refractivity contribution >= 4 is 0 Å². The van der Waals surface area contributed by atoms with Gasteiger partial charge in [-0.3, -0.25) is 4.90 Å². The van der Waals surface area contributed by atoms with Gasteiger partial charge in [0.1, 0.15) is 6.61 Å². The second-order valence-corrected chi connectivity index (χ2v) is 5.53. The van der Waals surface area contributed by atoms with Gasteiger partial charge in [-0.1, -0.05) is 5.16 Å². The second-order valence-electron chi connectivity index (χ2n) is 5.53. The molecule has 6 nitrogen and oxygen atoms in total. The molecular formula is C12H16F3N3O3. The van der Waals surface area contributed by atoms with Crippen molar-refractivity contribution in [1.29, 1.82) is 0 Å². The molecule has 21 heavy (non-hydrogen) atoms. The number of aliphatic hydroxyl groups excluding tert-OH is 1. The Morgan fingerprint density at radius 3 is 2.71 bits per heavy atom. The van der Waals surface area contributed by atoms with Crippen LogP contribution in [0, 0.1) is 0 Å². The molecule has 0 aromatic carbocycles. The normalized spacial score (nSPS) is 22.3. The standard InChI is InChI=1S/C12H16F3N3O3/c13-12(14,15)9(19)5-18-3-8(4-18)20-6-10-16-11(17-21-10)7-1-2-7/h7-9,19H,1-6H2. The predicted octanol–water partition coefficient (Wildman–Crippen LogP) is 1.07. The summed E-state index contributed by atoms with van der Waals surface area (Å²) in [4.78, 5) is 5.69. The molecule has 2 fully saturated rings. The quantitative estimate of drug-likeness (QED) is 0.847. The fourth-order valence-corrected chi connectivity index (χ4v) is 2.15. The average molecular weight is 307 g/mol. The number of ether oxygens (including phenoxy) is 1. The number of hydrogen-bond acceptors (Lipinski definition) is 6. The first-order chi connectivity index (χ1) is 9.91. The first kappa shape index (κ1) is 14.7. The Morgan fingerprint density at radius 2 is 2.10 bits per heavy atom. The molecule has 9 heteroatoms. The van der Waals surface area contributed by atoms with E-state index in [-0.39, 0.29) is 12.7 Å². The predicted molar refractivity (Wildman–Crippen MR) is 63.4 cm³/mol. The van der Waals surface area contributed by atoms with Crippen LogP contribution in [0.1, 0.15) is 30.5 Å². The molecule has 0 amide bonds. The number of likely N-dealkylation sites (tertiary alicyclic amines) is 1. The van der Waals surface area contributed by atoms with Crippen LogP contribution in [0.25, 0.3) is 0 Å². The van der Waals surface area contributed by atoms with E-state index in [2.05, 4.69) is 10.1 Å². The van der Waals surface area contributed by atoms with Gasteiger partial charge in [-0.15, -0.1) is 0 Å². The zero-order valence-electron chi connectivity index (χ0n) is 11.2. The molecule has 1 N–H and O–H groups in total. The summed E-state index contributed by atoms with van der Waals surface area (Å²) in [6.07, 6.45) is -4.88. The highest BCUT2D eigenvalue weighted by Crippen LogP contribution is 2.38. The van der Waals surface area contributed by atoms with Gasteiger partial charge < -0.3 is 14.4 Å². The van der Waals surface area contributed by atoms with E-state index in [1.54, 1.807) is 0 Å². The van der Waals surface area contributed by atoms with E-state index >= 15 is 0 Å². The number of rotatable bonds is 6. The topological polar surface area (TPSA) is 71.6 Å². The molecule has 2 heterocycles. The maximum Gasteiger partial charge on any atom is 0.415 e. The molecule has 0 bridgehead atoms. The Morgan fingerprint density at radius 1 is 1.38 bits per heavy atom. The summed E-state index contributed by atoms with van der Waals surface area (Å²) in [5, 5.41) is 12.8. The SMILES string of the molecule is OC(CN1CC(OCc2nc(C3CC3)no2)C1)C(F)(F)F. The monoisotopic (exact) mass is 307 g/mol. The molecule has 3 rings (SSSR count). The Balaban J connectivity index is 1.35. The maximum absolute atomic E-state index is 12.2. The van der Waals surface area contributed by atoms with Gasteiger partial charge in [-0.05, 0) is 12.8 Å². The van der Waals surface area contributed by atoms with Crippen molar-refractivity contribution in [3.8, 4) is 0 Å². The van der Waals surface area contributed by atoms with E-state index in [0.29, 0.717) is 30.7 Å². The summed E-state index contributed by atoms with van der Waals surface area (Å²) in [6.45, 7) is 0.462. The smallest absolute Gasteiger partial charge is 0.382 e. The van der Waals surface area contributed by atoms with Gasteiger partial charge in [0, 0.05) is 25.6 Å². The van der Waals surface area contributed by atoms with Gasteiger partial charge in [0.05, 0.1) is 6.10 Å². The zero-order chi connectivity index (χ0) is 15.0. The molecular weight excluding hydrogens is 291 g/mol. The summed E-state index contributed by atoms with van der Waals surface area (Å²) >= 11 is 0. The molecule has 1 aromatic rings. The van der Waals surface area contributed by atoms with E-state index in [1.807, 2.05) is 0 Å². The van der Waals surface area contributed by atoms with Gasteiger partial charge in [0.2, 0.25) is 0 Å². The fraction of sp³-hybridized carbons (Fsp3) is 0.833. The molecule has 1 saturated heterocycles. The Bertz CT molecular complexity index is 484. The summed E-state index contributed by atoms with van der Waals surface area (Å²) in [6, 6.07) is 0. The molecule has 0 spiro atoms. The number of halogens is 3. The largest absolute Gasteiger partial charge is 0.415 e. The van der Waals surface area contributed by atoms with E-state index in [0.717, 1.165) is 12.8 Å². The van der Waals surface area contributed by atoms with Gasteiger partial charge in [-0.2, -0.15) is 18.2 Å². The van der Waals surface area contributed by atoms with Gasteiger partial charge >= 0.3 is 6.18 Å². The molecule has 1 atom stereocenters. The number of aromatic nitrogens is 2. The van der Waals surface area contributed by atoms with E-state index in [1.165, 1.54) is 4.90 Å². The van der Waals surface area contributed by atoms with Gasteiger partial charge in [-0.25, -0.2) is 0 Å². The minimum absolute atomic E-state index is 0.165. The summed E-state index contributed by atoms with van der Waals surface area (Å²) in [7, 11) is 0. The maximum atomic E-state index is 12.2. The van der Waals surface area contributed by atoms with Gasteiger partial charge in [0.25, 0.3) is 5.89 Å². The Labute approximate surface area is 118 Å². The average Bonchev–Trinajstić information content (AvgIpc) is 3.10. The van der Waals surface area contributed by atoms with Crippen molar-refractivity contribution in [2.24, 2.45) is 0 Å². The second kappa shape index (κ2) is 5.54. The number of nitrogens with zero attached hydrogens (tertiary/aromatic N) is 3. The Hall–Kier alpha value is -1.19. The lowest BCUT2D eigenvalue weighted by Gasteiger charge is -2.39. The highest BCUT2D eigenvalue weighted by molar-refractivity contribution is 5.03. The van der Waals surface area contributed by atoms with Crippen molar-refractivity contribution in [1.82, 2.24) is 15.0 Å². The molecule has 1 aliphatic carbocycles. The van der Waals surface area contributed by atoms with Crippen LogP contribution in [0.2, 0.25) is 0 Å². The number of hydrogen-bond donors (Lipinski definition) is 1. The van der Waals surface area contributed by atoms with Crippen LogP contribution in [0.5, 0.6) is 0 Å². The third-order valence-electron chi connectivity index (χ3n) is 3.60. The molecule has 0 radical (unpaired) electrons. The van der Waals surface area contributed by atoms with Crippen LogP contribution in [0.4, 0.5) is 13.2 Å². The van der Waals surface area contributed by atoms with Crippen LogP contribution in [-0.2, 0) is 11.3 Å². The van der Waals surface area contributed by atoms with Crippen LogP contribution in [0.15, 0.2) is 4.52 Å². The minimum atomic E-state index is -4.57. The Kier molecular flexibility index (Phi) is 3.89. The molecule has 118 valence electrons. The number of β-amino-alcohol motifs (C(OH)–C–C–N with tert-alkyl or cyclic N) is 1. The van der Waals surface area contributed by atoms with Gasteiger partial charge in [0.15, 0.2) is 11.9 Å². The molecule has 1 aromatic heterocycles. The molecule has 1 unspecified atom stereocenters. The van der Waals surface area contributed by atoms with Crippen LogP contribution in [0.3, 0.4) is 0 Å². The lowest BCUT2D eigenvalue weighted by Crippen LogP contribution is -2.56. The first-order valence-electron chi connectivity index (χ1n) is 6.83. The highest BCUT2D eigenvalue weighted by atomic mass is 19.4. The zero-order valence-corrected chi connectivity index (χ0v) is 11.2. The highest BCUT2D eigenvalue weighted by Gasteiger charge is 2.41. The fourth-order valence-electron chi connectivity index (χ4n) is 2.15. The first-order valence-corrected chi connectivity index (χ1v) is 6.83. The third-order valence-corrected chi connectivity index (χ3v) is 3.60. The van der Waals surface area contributed by atoms with Crippen molar-refractivity contribution < 1.29 is 27.5 Å². The van der Waals surface area contributed by atoms with Crippen molar-refractivity contribution in [2.75, 3.05) is 19.6 Å². The summed E-state index contributed by atoms with van der Waals surface area (Å²) < 4.78 is 47.0. The molecule has 2 aliphatic rings. The lowest BCUT2D eigenvalue weighted by atomic mass is 10.1. The van der Waals surface area contributed by atoms with E-state index in [4.69, 9.17) is 14.4 Å². The minimum Gasteiger partial charge on any atom is -0.382 e.